The van der Waals surface area contributed by atoms with Gasteiger partial charge in [0.15, 0.2) is 0 Å². The van der Waals surface area contributed by atoms with Crippen molar-refractivity contribution in [1.82, 2.24) is 10.2 Å². The summed E-state index contributed by atoms with van der Waals surface area (Å²) in [5.74, 6) is 0.895. The summed E-state index contributed by atoms with van der Waals surface area (Å²) >= 11 is 1.57. The van der Waals surface area contributed by atoms with Crippen LogP contribution >= 0.6 is 11.3 Å². The van der Waals surface area contributed by atoms with Gasteiger partial charge in [0.1, 0.15) is 5.75 Å². The molecule has 144 valence electrons. The van der Waals surface area contributed by atoms with Gasteiger partial charge in [-0.15, -0.1) is 11.3 Å². The Bertz CT molecular complexity index is 829. The molecule has 0 spiro atoms. The third-order valence-electron chi connectivity index (χ3n) is 4.75. The number of carbonyl (C=O) groups excluding carboxylic acids is 2. The molecule has 2 aromatic rings. The maximum Gasteiger partial charge on any atom is 0.263 e. The number of carbonyl (C=O) groups is 2. The predicted octanol–water partition coefficient (Wildman–Crippen LogP) is 3.27. The average Bonchev–Trinajstić information content (AvgIpc) is 3.09. The quantitative estimate of drug-likeness (QED) is 0.829. The lowest BCUT2D eigenvalue weighted by molar-refractivity contribution is -0.125. The zero-order valence-corrected chi connectivity index (χ0v) is 16.9. The first-order chi connectivity index (χ1) is 13.0. The number of thiophene rings is 1. The fraction of sp³-hybridized carbons (Fsp3) is 0.429. The summed E-state index contributed by atoms with van der Waals surface area (Å²) in [5.41, 5.74) is 2.18. The second kappa shape index (κ2) is 8.57. The van der Waals surface area contributed by atoms with E-state index in [1.54, 1.807) is 30.3 Å². The molecule has 0 saturated heterocycles. The van der Waals surface area contributed by atoms with Gasteiger partial charge in [0.25, 0.3) is 5.91 Å². The Labute approximate surface area is 164 Å². The number of amides is 2. The molecule has 1 heterocycles. The van der Waals surface area contributed by atoms with Gasteiger partial charge in [0.05, 0.1) is 11.5 Å². The van der Waals surface area contributed by atoms with Crippen molar-refractivity contribution in [3.05, 3.63) is 51.2 Å². The van der Waals surface area contributed by atoms with Gasteiger partial charge in [-0.3, -0.25) is 9.59 Å². The van der Waals surface area contributed by atoms with Crippen molar-refractivity contribution in [3.63, 3.8) is 0 Å². The molecule has 1 aliphatic carbocycles. The number of ether oxygens (including phenoxy) is 1. The molecule has 0 bridgehead atoms. The van der Waals surface area contributed by atoms with Crippen LogP contribution in [0.4, 0.5) is 0 Å². The summed E-state index contributed by atoms with van der Waals surface area (Å²) in [6.07, 6.45) is 2.39. The van der Waals surface area contributed by atoms with Crippen LogP contribution < -0.4 is 10.1 Å². The van der Waals surface area contributed by atoms with Gasteiger partial charge >= 0.3 is 0 Å². The van der Waals surface area contributed by atoms with E-state index in [0.717, 1.165) is 34.6 Å². The molecular weight excluding hydrogens is 360 g/mol. The summed E-state index contributed by atoms with van der Waals surface area (Å²) in [4.78, 5) is 28.4. The third-order valence-corrected chi connectivity index (χ3v) is 5.97. The van der Waals surface area contributed by atoms with Gasteiger partial charge in [0, 0.05) is 31.4 Å². The van der Waals surface area contributed by atoms with E-state index in [1.165, 1.54) is 4.88 Å². The van der Waals surface area contributed by atoms with E-state index < -0.39 is 0 Å². The van der Waals surface area contributed by atoms with Crippen molar-refractivity contribution >= 4 is 23.2 Å². The molecule has 1 aromatic heterocycles. The lowest BCUT2D eigenvalue weighted by Crippen LogP contribution is -2.33. The van der Waals surface area contributed by atoms with E-state index in [-0.39, 0.29) is 17.7 Å². The number of aryl methyl sites for hydroxylation is 1. The van der Waals surface area contributed by atoms with Gasteiger partial charge in [-0.1, -0.05) is 12.1 Å². The molecule has 1 aliphatic rings. The molecule has 0 radical (unpaired) electrons. The van der Waals surface area contributed by atoms with Gasteiger partial charge in [-0.2, -0.15) is 0 Å². The fourth-order valence-corrected chi connectivity index (χ4v) is 4.55. The first-order valence-corrected chi connectivity index (χ1v) is 10.1. The Morgan fingerprint density at radius 1 is 1.30 bits per heavy atom. The zero-order valence-electron chi connectivity index (χ0n) is 16.1. The Hall–Kier alpha value is -2.34. The van der Waals surface area contributed by atoms with Crippen molar-refractivity contribution in [2.75, 3.05) is 20.7 Å². The molecule has 27 heavy (non-hydrogen) atoms. The predicted molar refractivity (Wildman–Crippen MR) is 107 cm³/mol. The van der Waals surface area contributed by atoms with E-state index in [9.17, 15) is 9.59 Å². The molecule has 1 atom stereocenters. The van der Waals surface area contributed by atoms with Crippen molar-refractivity contribution in [2.45, 2.75) is 32.7 Å². The number of rotatable bonds is 6. The summed E-state index contributed by atoms with van der Waals surface area (Å²) < 4.78 is 5.50. The minimum absolute atomic E-state index is 0.0320. The van der Waals surface area contributed by atoms with Crippen LogP contribution in [-0.4, -0.2) is 37.4 Å². The van der Waals surface area contributed by atoms with Crippen LogP contribution in [0.1, 0.15) is 39.0 Å². The molecule has 1 aromatic carbocycles. The highest BCUT2D eigenvalue weighted by Crippen LogP contribution is 2.33. The number of fused-ring (bicyclic) bond motifs is 1. The summed E-state index contributed by atoms with van der Waals surface area (Å²) in [7, 11) is 3.52. The Morgan fingerprint density at radius 2 is 2.11 bits per heavy atom. The van der Waals surface area contributed by atoms with Crippen LogP contribution in [0.2, 0.25) is 0 Å². The number of hydrogen-bond donors (Lipinski definition) is 1. The average molecular weight is 387 g/mol. The maximum atomic E-state index is 12.6. The molecular formula is C21H26N2O3S. The smallest absolute Gasteiger partial charge is 0.263 e. The van der Waals surface area contributed by atoms with Crippen LogP contribution in [0.15, 0.2) is 30.3 Å². The highest BCUT2D eigenvalue weighted by Gasteiger charge is 2.27. The number of hydrogen-bond acceptors (Lipinski definition) is 4. The van der Waals surface area contributed by atoms with Crippen molar-refractivity contribution < 1.29 is 14.3 Å². The third kappa shape index (κ3) is 4.69. The van der Waals surface area contributed by atoms with Crippen molar-refractivity contribution in [3.8, 4) is 5.75 Å². The van der Waals surface area contributed by atoms with Gasteiger partial charge in [-0.05, 0) is 55.5 Å². The maximum absolute atomic E-state index is 12.6. The number of benzene rings is 1. The van der Waals surface area contributed by atoms with E-state index >= 15 is 0 Å². The number of nitrogens with zero attached hydrogens (tertiary/aromatic N) is 1. The summed E-state index contributed by atoms with van der Waals surface area (Å²) in [6, 6.07) is 9.77. The lowest BCUT2D eigenvalue weighted by atomic mass is 9.87. The summed E-state index contributed by atoms with van der Waals surface area (Å²) in [6.45, 7) is 3.07. The fourth-order valence-electron chi connectivity index (χ4n) is 3.32. The normalized spacial score (nSPS) is 15.7. The first kappa shape index (κ1) is 19.4. The molecule has 6 heteroatoms. The second-order valence-electron chi connectivity index (χ2n) is 7.00. The standard InChI is InChI=1S/C21H26N2O3S/c1-4-26-17-7-5-6-14(10-17)13-22-20(24)15-8-9-18-16(11-15)12-19(27-18)21(25)23(2)3/h5-7,10,12,15H,4,8-9,11,13H2,1-3H3,(H,22,24). The van der Waals surface area contributed by atoms with Crippen LogP contribution in [0.25, 0.3) is 0 Å². The van der Waals surface area contributed by atoms with E-state index in [0.29, 0.717) is 19.6 Å². The topological polar surface area (TPSA) is 58.6 Å². The Kier molecular flexibility index (Phi) is 6.16. The largest absolute Gasteiger partial charge is 0.494 e. The minimum atomic E-state index is -0.0375. The molecule has 1 unspecified atom stereocenters. The SMILES string of the molecule is CCOc1cccc(CNC(=O)C2CCc3sc(C(=O)N(C)C)cc3C2)c1. The monoisotopic (exact) mass is 386 g/mol. The number of nitrogens with one attached hydrogen (secondary N) is 1. The minimum Gasteiger partial charge on any atom is -0.494 e. The van der Waals surface area contributed by atoms with Crippen LogP contribution in [0, 0.1) is 5.92 Å². The van der Waals surface area contributed by atoms with Crippen LogP contribution in [0.5, 0.6) is 5.75 Å². The van der Waals surface area contributed by atoms with Gasteiger partial charge < -0.3 is 15.0 Å². The van der Waals surface area contributed by atoms with E-state index in [1.807, 2.05) is 37.3 Å². The second-order valence-corrected chi connectivity index (χ2v) is 8.13. The van der Waals surface area contributed by atoms with Crippen LogP contribution in [0.3, 0.4) is 0 Å². The highest BCUT2D eigenvalue weighted by molar-refractivity contribution is 7.14. The molecule has 2 amide bonds. The Balaban J connectivity index is 1.59. The molecule has 0 fully saturated rings. The van der Waals surface area contributed by atoms with Gasteiger partial charge in [0.2, 0.25) is 5.91 Å². The molecule has 0 saturated carbocycles. The molecule has 5 nitrogen and oxygen atoms in total. The van der Waals surface area contributed by atoms with Crippen molar-refractivity contribution in [2.24, 2.45) is 5.92 Å². The zero-order chi connectivity index (χ0) is 19.4. The summed E-state index contributed by atoms with van der Waals surface area (Å²) in [5, 5.41) is 3.05. The molecule has 1 N–H and O–H groups in total. The lowest BCUT2D eigenvalue weighted by Gasteiger charge is -2.21. The van der Waals surface area contributed by atoms with Crippen molar-refractivity contribution in [1.29, 1.82) is 0 Å². The van der Waals surface area contributed by atoms with E-state index in [2.05, 4.69) is 5.32 Å². The van der Waals surface area contributed by atoms with E-state index in [4.69, 9.17) is 4.74 Å². The Morgan fingerprint density at radius 3 is 2.85 bits per heavy atom. The highest BCUT2D eigenvalue weighted by atomic mass is 32.1. The van der Waals surface area contributed by atoms with Crippen LogP contribution in [-0.2, 0) is 24.2 Å². The molecule has 0 aliphatic heterocycles. The first-order valence-electron chi connectivity index (χ1n) is 9.30. The van der Waals surface area contributed by atoms with Gasteiger partial charge in [-0.25, -0.2) is 0 Å². The molecule has 3 rings (SSSR count).